The van der Waals surface area contributed by atoms with Gasteiger partial charge in [-0.25, -0.2) is 15.0 Å². The molecule has 4 heterocycles. The second-order valence-corrected chi connectivity index (χ2v) is 7.85. The van der Waals surface area contributed by atoms with E-state index in [1.165, 1.54) is 23.5 Å². The number of carbonyl (C=O) groups excluding carboxylic acids is 1. The lowest BCUT2D eigenvalue weighted by molar-refractivity contribution is -0.0734. The van der Waals surface area contributed by atoms with Crippen molar-refractivity contribution in [1.29, 1.82) is 0 Å². The number of alkyl halides is 2. The van der Waals surface area contributed by atoms with Gasteiger partial charge in [0.25, 0.3) is 11.9 Å². The maximum atomic E-state index is 12.4. The normalized spacial score (nSPS) is 25.8. The maximum absolute atomic E-state index is 12.4. The van der Waals surface area contributed by atoms with Gasteiger partial charge in [-0.3, -0.25) is 4.79 Å². The molecule has 12 heteroatoms. The molecular formula is C18H19F2N5O4S. The summed E-state index contributed by atoms with van der Waals surface area (Å²) in [6.07, 6.45) is 1.87. The molecule has 0 saturated carbocycles. The highest BCUT2D eigenvalue weighted by Gasteiger charge is 2.50. The molecule has 2 aliphatic rings. The summed E-state index contributed by atoms with van der Waals surface area (Å²) in [4.78, 5) is 25.3. The first-order chi connectivity index (χ1) is 14.4. The van der Waals surface area contributed by atoms with Gasteiger partial charge in [0.15, 0.2) is 0 Å². The van der Waals surface area contributed by atoms with Crippen LogP contribution in [0.2, 0.25) is 0 Å². The predicted molar refractivity (Wildman–Crippen MR) is 104 cm³/mol. The molecule has 3 N–H and O–H groups in total. The van der Waals surface area contributed by atoms with Crippen LogP contribution in [0.25, 0.3) is 0 Å². The molecule has 9 nitrogen and oxygen atoms in total. The Kier molecular flexibility index (Phi) is 5.52. The van der Waals surface area contributed by atoms with E-state index in [0.717, 1.165) is 12.6 Å². The van der Waals surface area contributed by atoms with Gasteiger partial charge in [-0.05, 0) is 25.5 Å². The molecule has 0 radical (unpaired) electrons. The van der Waals surface area contributed by atoms with E-state index in [-0.39, 0.29) is 29.5 Å². The molecule has 0 aromatic carbocycles. The van der Waals surface area contributed by atoms with Gasteiger partial charge in [0.1, 0.15) is 27.8 Å². The molecule has 1 amide bonds. The van der Waals surface area contributed by atoms with Crippen LogP contribution in [0.5, 0.6) is 5.75 Å². The third-order valence-electron chi connectivity index (χ3n) is 4.93. The zero-order valence-corrected chi connectivity index (χ0v) is 16.7. The zero-order chi connectivity index (χ0) is 21.3. The Bertz CT molecular complexity index is 954. The van der Waals surface area contributed by atoms with E-state index >= 15 is 0 Å². The van der Waals surface area contributed by atoms with Crippen molar-refractivity contribution in [2.24, 2.45) is 16.6 Å². The number of fused-ring (bicyclic) bond motifs is 1. The average molecular weight is 439 g/mol. The van der Waals surface area contributed by atoms with E-state index in [9.17, 15) is 13.6 Å². The van der Waals surface area contributed by atoms with E-state index in [4.69, 9.17) is 15.2 Å². The molecule has 30 heavy (non-hydrogen) atoms. The van der Waals surface area contributed by atoms with Crippen LogP contribution in [0.3, 0.4) is 0 Å². The Balaban J connectivity index is 1.51. The van der Waals surface area contributed by atoms with E-state index in [2.05, 4.69) is 25.0 Å². The van der Waals surface area contributed by atoms with Crippen LogP contribution in [0.15, 0.2) is 28.7 Å². The number of halogens is 2. The van der Waals surface area contributed by atoms with Crippen LogP contribution in [0, 0.1) is 5.92 Å². The smallest absolute Gasteiger partial charge is 0.387 e. The second kappa shape index (κ2) is 8.11. The molecule has 0 bridgehead atoms. The predicted octanol–water partition coefficient (Wildman–Crippen LogP) is 2.36. The van der Waals surface area contributed by atoms with E-state index < -0.39 is 18.1 Å². The van der Waals surface area contributed by atoms with Crippen LogP contribution < -0.4 is 15.8 Å². The van der Waals surface area contributed by atoms with Gasteiger partial charge >= 0.3 is 6.61 Å². The minimum absolute atomic E-state index is 0.0327. The number of aromatic nitrogens is 2. The van der Waals surface area contributed by atoms with Crippen molar-refractivity contribution in [3.8, 4) is 5.75 Å². The Morgan fingerprint density at radius 2 is 2.30 bits per heavy atom. The van der Waals surface area contributed by atoms with Crippen molar-refractivity contribution >= 4 is 29.1 Å². The van der Waals surface area contributed by atoms with Crippen LogP contribution >= 0.6 is 11.3 Å². The van der Waals surface area contributed by atoms with Crippen LogP contribution in [-0.4, -0.2) is 47.8 Å². The van der Waals surface area contributed by atoms with Crippen LogP contribution in [-0.2, 0) is 15.0 Å². The third kappa shape index (κ3) is 4.05. The Hall–Kier alpha value is -2.86. The zero-order valence-electron chi connectivity index (χ0n) is 15.9. The maximum Gasteiger partial charge on any atom is 0.387 e. The molecule has 2 aromatic heterocycles. The number of amides is 1. The molecule has 1 saturated heterocycles. The molecule has 4 rings (SSSR count). The first-order valence-corrected chi connectivity index (χ1v) is 10.0. The number of thiazole rings is 1. The summed E-state index contributed by atoms with van der Waals surface area (Å²) in [5.41, 5.74) is 5.10. The van der Waals surface area contributed by atoms with Crippen molar-refractivity contribution < 1.29 is 27.8 Å². The molecular weight excluding hydrogens is 420 g/mol. The topological polar surface area (TPSA) is 121 Å². The average Bonchev–Trinajstić information content (AvgIpc) is 3.17. The molecule has 2 unspecified atom stereocenters. The van der Waals surface area contributed by atoms with Crippen molar-refractivity contribution in [1.82, 2.24) is 9.97 Å². The number of ether oxygens (including phenoxy) is 3. The quantitative estimate of drug-likeness (QED) is 0.734. The minimum Gasteiger partial charge on any atom is -0.465 e. The number of nitrogens with zero attached hydrogens (tertiary/aromatic N) is 3. The summed E-state index contributed by atoms with van der Waals surface area (Å²) >= 11 is 1.33. The summed E-state index contributed by atoms with van der Waals surface area (Å²) in [6.45, 7) is -0.237. The number of pyridine rings is 1. The monoisotopic (exact) mass is 439 g/mol. The standard InChI is InChI=1S/C18H19F2N5O4S/c1-9-4-10-6-27-17(21)25-18(10,8-28-9)15-24-13(7-30-15)23-14(26)12-3-2-11(5-22-12)29-16(19)20/h2-3,5,7,9-10,16H,4,6,8H2,1H3,(H2,21,25)(H,23,26)/t9-,10?,18?/m0/s1. The molecule has 3 atom stereocenters. The van der Waals surface area contributed by atoms with Gasteiger partial charge in [-0.1, -0.05) is 0 Å². The lowest BCUT2D eigenvalue weighted by Gasteiger charge is -2.43. The summed E-state index contributed by atoms with van der Waals surface area (Å²) in [7, 11) is 0. The second-order valence-electron chi connectivity index (χ2n) is 6.99. The molecule has 160 valence electrons. The highest BCUT2D eigenvalue weighted by atomic mass is 32.1. The molecule has 0 spiro atoms. The number of hydrogen-bond donors (Lipinski definition) is 2. The number of rotatable bonds is 5. The molecule has 0 aliphatic carbocycles. The van der Waals surface area contributed by atoms with Gasteiger partial charge in [0.2, 0.25) is 0 Å². The molecule has 2 aromatic rings. The number of amidine groups is 1. The van der Waals surface area contributed by atoms with Crippen LogP contribution in [0.4, 0.5) is 14.6 Å². The van der Waals surface area contributed by atoms with Crippen molar-refractivity contribution in [2.45, 2.75) is 31.6 Å². The van der Waals surface area contributed by atoms with E-state index in [1.807, 2.05) is 6.92 Å². The van der Waals surface area contributed by atoms with Crippen molar-refractivity contribution in [3.05, 3.63) is 34.4 Å². The fourth-order valence-corrected chi connectivity index (χ4v) is 4.44. The number of aliphatic imine (C=N–C) groups is 1. The summed E-state index contributed by atoms with van der Waals surface area (Å²) in [6, 6.07) is 2.61. The van der Waals surface area contributed by atoms with Crippen molar-refractivity contribution in [2.75, 3.05) is 18.5 Å². The fourth-order valence-electron chi connectivity index (χ4n) is 3.48. The first-order valence-electron chi connectivity index (χ1n) is 9.13. The van der Waals surface area contributed by atoms with Gasteiger partial charge in [-0.15, -0.1) is 11.3 Å². The number of carbonyl (C=O) groups is 1. The highest BCUT2D eigenvalue weighted by Crippen LogP contribution is 2.44. The van der Waals surface area contributed by atoms with Crippen molar-refractivity contribution in [3.63, 3.8) is 0 Å². The highest BCUT2D eigenvalue weighted by molar-refractivity contribution is 7.10. The Morgan fingerprint density at radius 3 is 3.03 bits per heavy atom. The summed E-state index contributed by atoms with van der Waals surface area (Å²) in [5, 5.41) is 5.00. The van der Waals surface area contributed by atoms with E-state index in [0.29, 0.717) is 24.0 Å². The SMILES string of the molecule is C[C@H]1CC2COC(N)=NC2(c2nc(NC(=O)c3ccc(OC(F)F)cn3)cs2)CO1. The number of nitrogens with one attached hydrogen (secondary N) is 1. The lowest BCUT2D eigenvalue weighted by atomic mass is 9.79. The van der Waals surface area contributed by atoms with E-state index in [1.54, 1.807) is 5.38 Å². The van der Waals surface area contributed by atoms with Gasteiger partial charge in [0, 0.05) is 11.3 Å². The number of nitrogens with two attached hydrogens (primary N) is 1. The lowest BCUT2D eigenvalue weighted by Crippen LogP contribution is -2.51. The summed E-state index contributed by atoms with van der Waals surface area (Å²) < 4.78 is 39.9. The minimum atomic E-state index is -2.96. The van der Waals surface area contributed by atoms with Gasteiger partial charge in [0.05, 0.1) is 25.5 Å². The van der Waals surface area contributed by atoms with Gasteiger partial charge < -0.3 is 25.3 Å². The Morgan fingerprint density at radius 1 is 1.47 bits per heavy atom. The summed E-state index contributed by atoms with van der Waals surface area (Å²) in [5.74, 6) is -0.300. The van der Waals surface area contributed by atoms with Crippen LogP contribution in [0.1, 0.15) is 28.8 Å². The number of hydrogen-bond acceptors (Lipinski definition) is 9. The number of anilines is 1. The van der Waals surface area contributed by atoms with Gasteiger partial charge in [-0.2, -0.15) is 8.78 Å². The Labute approximate surface area is 174 Å². The third-order valence-corrected chi connectivity index (χ3v) is 5.94. The molecule has 2 aliphatic heterocycles. The first kappa shape index (κ1) is 20.4. The fraction of sp³-hybridized carbons (Fsp3) is 0.444. The molecule has 1 fully saturated rings. The largest absolute Gasteiger partial charge is 0.465 e.